The van der Waals surface area contributed by atoms with Gasteiger partial charge in [-0.15, -0.1) is 0 Å². The van der Waals surface area contributed by atoms with Gasteiger partial charge in [0.1, 0.15) is 11.5 Å². The number of anilines is 2. The average Bonchev–Trinajstić information content (AvgIpc) is 2.59. The van der Waals surface area contributed by atoms with Gasteiger partial charge in [0, 0.05) is 5.69 Å². The maximum atomic E-state index is 5.84. The van der Waals surface area contributed by atoms with Gasteiger partial charge in [-0.1, -0.05) is 37.8 Å². The van der Waals surface area contributed by atoms with Crippen molar-refractivity contribution in [2.75, 3.05) is 24.7 Å². The van der Waals surface area contributed by atoms with Gasteiger partial charge in [0.05, 0.1) is 18.9 Å². The van der Waals surface area contributed by atoms with Gasteiger partial charge >= 0.3 is 0 Å². The van der Waals surface area contributed by atoms with Crippen LogP contribution in [-0.2, 0) is 0 Å². The highest BCUT2D eigenvalue weighted by molar-refractivity contribution is 5.51. The van der Waals surface area contributed by atoms with Crippen LogP contribution in [0.25, 0.3) is 0 Å². The van der Waals surface area contributed by atoms with E-state index < -0.39 is 0 Å². The zero-order valence-electron chi connectivity index (χ0n) is 14.2. The molecule has 0 radical (unpaired) electrons. The summed E-state index contributed by atoms with van der Waals surface area (Å²) >= 11 is 0. The lowest BCUT2D eigenvalue weighted by Crippen LogP contribution is -2.00. The molecular weight excluding hydrogens is 300 g/mol. The van der Waals surface area contributed by atoms with Crippen molar-refractivity contribution in [1.82, 2.24) is 0 Å². The number of hydrogen-bond acceptors (Lipinski definition) is 4. The first-order valence-electron chi connectivity index (χ1n) is 8.71. The molecule has 0 saturated heterocycles. The van der Waals surface area contributed by atoms with E-state index in [1.54, 1.807) is 0 Å². The van der Waals surface area contributed by atoms with Gasteiger partial charge in [0.25, 0.3) is 0 Å². The van der Waals surface area contributed by atoms with E-state index in [2.05, 4.69) is 0 Å². The molecule has 0 aliphatic carbocycles. The zero-order valence-corrected chi connectivity index (χ0v) is 14.2. The fourth-order valence-electron chi connectivity index (χ4n) is 2.46. The highest BCUT2D eigenvalue weighted by atomic mass is 16.5. The number of hydrogen-bond donors (Lipinski definition) is 2. The topological polar surface area (TPSA) is 70.5 Å². The number of benzene rings is 2. The van der Waals surface area contributed by atoms with Crippen LogP contribution in [0.15, 0.2) is 48.5 Å². The van der Waals surface area contributed by atoms with Gasteiger partial charge in [-0.05, 0) is 49.2 Å². The van der Waals surface area contributed by atoms with Crippen molar-refractivity contribution in [2.45, 2.75) is 38.5 Å². The predicted molar refractivity (Wildman–Crippen MR) is 100 cm³/mol. The minimum absolute atomic E-state index is 0.707. The van der Waals surface area contributed by atoms with Crippen LogP contribution in [0.3, 0.4) is 0 Å². The zero-order chi connectivity index (χ0) is 17.0. The van der Waals surface area contributed by atoms with Crippen LogP contribution < -0.4 is 20.9 Å². The second kappa shape index (κ2) is 10.4. The molecule has 2 aromatic carbocycles. The predicted octanol–water partition coefficient (Wildman–Crippen LogP) is 4.65. The Bertz CT molecular complexity index is 584. The molecule has 0 aliphatic rings. The van der Waals surface area contributed by atoms with E-state index in [1.807, 2.05) is 48.5 Å². The Morgan fingerprint density at radius 2 is 1.21 bits per heavy atom. The molecule has 0 heterocycles. The number of unbranched alkanes of at least 4 members (excludes halogenated alkanes) is 5. The highest BCUT2D eigenvalue weighted by Crippen LogP contribution is 2.20. The Balaban J connectivity index is 1.42. The molecule has 2 rings (SSSR count). The molecule has 24 heavy (non-hydrogen) atoms. The average molecular weight is 328 g/mol. The molecule has 130 valence electrons. The summed E-state index contributed by atoms with van der Waals surface area (Å²) in [6, 6.07) is 15.2. The van der Waals surface area contributed by atoms with Crippen molar-refractivity contribution >= 4 is 11.4 Å². The van der Waals surface area contributed by atoms with E-state index in [0.29, 0.717) is 5.69 Å². The molecular formula is C20H28N2O2. The van der Waals surface area contributed by atoms with Crippen molar-refractivity contribution in [1.29, 1.82) is 0 Å². The number of ether oxygens (including phenoxy) is 2. The van der Waals surface area contributed by atoms with Gasteiger partial charge in [0.15, 0.2) is 0 Å². The molecule has 0 unspecified atom stereocenters. The Kier molecular flexibility index (Phi) is 7.81. The molecule has 0 aliphatic heterocycles. The summed E-state index contributed by atoms with van der Waals surface area (Å²) in [5, 5.41) is 0. The highest BCUT2D eigenvalue weighted by Gasteiger charge is 1.98. The molecule has 0 amide bonds. The second-order valence-corrected chi connectivity index (χ2v) is 5.93. The minimum Gasteiger partial charge on any atom is -0.494 e. The molecule has 4 N–H and O–H groups in total. The molecule has 4 nitrogen and oxygen atoms in total. The van der Waals surface area contributed by atoms with Gasteiger partial charge in [0.2, 0.25) is 0 Å². The molecule has 4 heteroatoms. The fraction of sp³-hybridized carbons (Fsp3) is 0.400. The third kappa shape index (κ3) is 6.82. The molecule has 0 aromatic heterocycles. The third-order valence-electron chi connectivity index (χ3n) is 3.86. The summed E-state index contributed by atoms with van der Waals surface area (Å²) in [5.74, 6) is 1.68. The SMILES string of the molecule is Nc1ccc(OCCCCCCCCOc2ccccc2N)cc1. The van der Waals surface area contributed by atoms with Crippen LogP contribution in [0.4, 0.5) is 11.4 Å². The number of nitrogens with two attached hydrogens (primary N) is 2. The summed E-state index contributed by atoms with van der Waals surface area (Å²) in [6.07, 6.45) is 7.00. The third-order valence-corrected chi connectivity index (χ3v) is 3.86. The van der Waals surface area contributed by atoms with E-state index in [-0.39, 0.29) is 0 Å². The molecule has 0 fully saturated rings. The maximum Gasteiger partial charge on any atom is 0.142 e. The molecule has 0 bridgehead atoms. The standard InChI is InChI=1S/C20H28N2O2/c21-17-11-13-18(14-12-17)23-15-7-3-1-2-4-8-16-24-20-10-6-5-9-19(20)22/h5-6,9-14H,1-4,7-8,15-16,21-22H2. The molecule has 0 atom stereocenters. The van der Waals surface area contributed by atoms with Gasteiger partial charge in [-0.25, -0.2) is 0 Å². The van der Waals surface area contributed by atoms with Gasteiger partial charge in [-0.3, -0.25) is 0 Å². The largest absolute Gasteiger partial charge is 0.494 e. The first-order chi connectivity index (χ1) is 11.8. The van der Waals surface area contributed by atoms with Gasteiger partial charge in [-0.2, -0.15) is 0 Å². The van der Waals surface area contributed by atoms with E-state index in [0.717, 1.165) is 43.2 Å². The second-order valence-electron chi connectivity index (χ2n) is 5.93. The Hall–Kier alpha value is -2.36. The first-order valence-corrected chi connectivity index (χ1v) is 8.71. The quantitative estimate of drug-likeness (QED) is 0.465. The molecule has 2 aromatic rings. The van der Waals surface area contributed by atoms with E-state index in [9.17, 15) is 0 Å². The summed E-state index contributed by atoms with van der Waals surface area (Å²) < 4.78 is 11.4. The van der Waals surface area contributed by atoms with Crippen molar-refractivity contribution < 1.29 is 9.47 Å². The first kappa shape index (κ1) is 18.0. The summed E-state index contributed by atoms with van der Waals surface area (Å²) in [5.41, 5.74) is 12.9. The monoisotopic (exact) mass is 328 g/mol. The van der Waals surface area contributed by atoms with E-state index in [1.165, 1.54) is 25.7 Å². The molecule has 0 saturated carbocycles. The van der Waals surface area contributed by atoms with Crippen molar-refractivity contribution in [3.8, 4) is 11.5 Å². The van der Waals surface area contributed by atoms with Crippen molar-refractivity contribution in [3.63, 3.8) is 0 Å². The van der Waals surface area contributed by atoms with Crippen molar-refractivity contribution in [2.24, 2.45) is 0 Å². The minimum atomic E-state index is 0.707. The molecule has 0 spiro atoms. The number of rotatable bonds is 11. The van der Waals surface area contributed by atoms with Crippen LogP contribution in [0, 0.1) is 0 Å². The number of para-hydroxylation sites is 2. The van der Waals surface area contributed by atoms with Crippen LogP contribution >= 0.6 is 0 Å². The summed E-state index contributed by atoms with van der Waals surface area (Å²) in [7, 11) is 0. The summed E-state index contributed by atoms with van der Waals surface area (Å²) in [6.45, 7) is 1.49. The van der Waals surface area contributed by atoms with E-state index in [4.69, 9.17) is 20.9 Å². The summed E-state index contributed by atoms with van der Waals surface area (Å²) in [4.78, 5) is 0. The van der Waals surface area contributed by atoms with Crippen molar-refractivity contribution in [3.05, 3.63) is 48.5 Å². The van der Waals surface area contributed by atoms with Gasteiger partial charge < -0.3 is 20.9 Å². The lowest BCUT2D eigenvalue weighted by molar-refractivity contribution is 0.297. The van der Waals surface area contributed by atoms with Crippen LogP contribution in [0.5, 0.6) is 11.5 Å². The van der Waals surface area contributed by atoms with Crippen LogP contribution in [0.2, 0.25) is 0 Å². The Labute approximate surface area is 144 Å². The van der Waals surface area contributed by atoms with E-state index >= 15 is 0 Å². The lowest BCUT2D eigenvalue weighted by Gasteiger charge is -2.08. The van der Waals surface area contributed by atoms with Crippen LogP contribution in [0.1, 0.15) is 38.5 Å². The normalized spacial score (nSPS) is 10.5. The number of nitrogen functional groups attached to an aromatic ring is 2. The smallest absolute Gasteiger partial charge is 0.142 e. The maximum absolute atomic E-state index is 5.84. The Morgan fingerprint density at radius 3 is 1.88 bits per heavy atom. The Morgan fingerprint density at radius 1 is 0.625 bits per heavy atom. The van der Waals surface area contributed by atoms with Crippen LogP contribution in [-0.4, -0.2) is 13.2 Å². The fourth-order valence-corrected chi connectivity index (χ4v) is 2.46. The lowest BCUT2D eigenvalue weighted by atomic mass is 10.1.